The van der Waals surface area contributed by atoms with Crippen molar-refractivity contribution in [3.63, 3.8) is 0 Å². The van der Waals surface area contributed by atoms with Gasteiger partial charge in [-0.1, -0.05) is 0 Å². The van der Waals surface area contributed by atoms with E-state index in [1.165, 1.54) is 25.5 Å². The molecule has 0 radical (unpaired) electrons. The number of hydrogen-bond donors (Lipinski definition) is 2. The van der Waals surface area contributed by atoms with Gasteiger partial charge in [-0.2, -0.15) is 0 Å². The first-order valence-corrected chi connectivity index (χ1v) is 11.1. The van der Waals surface area contributed by atoms with Crippen LogP contribution in [0.4, 0.5) is 0 Å². The molecule has 28 heavy (non-hydrogen) atoms. The van der Waals surface area contributed by atoms with E-state index in [4.69, 9.17) is 4.74 Å². The van der Waals surface area contributed by atoms with Crippen molar-refractivity contribution in [1.29, 1.82) is 0 Å². The minimum absolute atomic E-state index is 0.0479. The van der Waals surface area contributed by atoms with Gasteiger partial charge in [-0.3, -0.25) is 9.59 Å². The third-order valence-corrected chi connectivity index (χ3v) is 7.68. The third-order valence-electron chi connectivity index (χ3n) is 7.68. The van der Waals surface area contributed by atoms with Crippen molar-refractivity contribution in [3.05, 3.63) is 27.9 Å². The molecule has 1 aliphatic heterocycles. The lowest BCUT2D eigenvalue weighted by molar-refractivity contribution is -0.00953. The Hall–Kier alpha value is -1.69. The average molecular weight is 386 g/mol. The van der Waals surface area contributed by atoms with Gasteiger partial charge in [-0.05, 0) is 81.5 Å². The fourth-order valence-corrected chi connectivity index (χ4v) is 6.73. The van der Waals surface area contributed by atoms with E-state index in [2.05, 4.69) is 15.3 Å². The van der Waals surface area contributed by atoms with Crippen LogP contribution in [0.5, 0.6) is 0 Å². The summed E-state index contributed by atoms with van der Waals surface area (Å²) < 4.78 is 5.38. The predicted octanol–water partition coefficient (Wildman–Crippen LogP) is 2.78. The molecule has 1 aromatic rings. The van der Waals surface area contributed by atoms with Crippen LogP contribution in [-0.4, -0.2) is 35.6 Å². The molecule has 152 valence electrons. The number of aromatic amines is 1. The van der Waals surface area contributed by atoms with Gasteiger partial charge < -0.3 is 15.0 Å². The number of carbonyl (C=O) groups excluding carboxylic acids is 1. The number of carbonyl (C=O) groups is 1. The number of nitrogens with one attached hydrogen (secondary N) is 2. The minimum atomic E-state index is -0.312. The molecule has 4 aliphatic carbocycles. The summed E-state index contributed by atoms with van der Waals surface area (Å²) in [5, 5.41) is 2.88. The Morgan fingerprint density at radius 2 is 1.93 bits per heavy atom. The van der Waals surface area contributed by atoms with Gasteiger partial charge in [0.2, 0.25) is 0 Å². The molecule has 1 saturated heterocycles. The molecule has 2 N–H and O–H groups in total. The van der Waals surface area contributed by atoms with E-state index in [1.807, 2.05) is 0 Å². The van der Waals surface area contributed by atoms with Crippen LogP contribution >= 0.6 is 0 Å². The maximum absolute atomic E-state index is 12.6. The monoisotopic (exact) mass is 385 g/mol. The standard InChI is InChI=1S/C22H31N3O3/c26-19(23-4-1-2-14-3-5-28-13-14)18-12-24-21(25-20(18)27)22-9-15-6-16(10-22)8-17(7-15)11-22/h12,14-17H,1-11,13H2,(H,23,26)(H,24,25,27). The number of H-pyrrole nitrogens is 1. The first-order chi connectivity index (χ1) is 13.6. The van der Waals surface area contributed by atoms with Crippen molar-refractivity contribution in [2.45, 2.75) is 63.2 Å². The smallest absolute Gasteiger partial charge is 0.263 e. The molecule has 1 atom stereocenters. The van der Waals surface area contributed by atoms with Crippen molar-refractivity contribution in [3.8, 4) is 0 Å². The van der Waals surface area contributed by atoms with Gasteiger partial charge >= 0.3 is 0 Å². The van der Waals surface area contributed by atoms with E-state index in [9.17, 15) is 9.59 Å². The van der Waals surface area contributed by atoms with Crippen molar-refractivity contribution >= 4 is 5.91 Å². The molecule has 6 rings (SSSR count). The zero-order valence-corrected chi connectivity index (χ0v) is 16.5. The van der Waals surface area contributed by atoms with Crippen molar-refractivity contribution in [2.24, 2.45) is 23.7 Å². The van der Waals surface area contributed by atoms with Gasteiger partial charge in [0.05, 0.1) is 0 Å². The molecule has 4 saturated carbocycles. The Balaban J connectivity index is 1.22. The average Bonchev–Trinajstić information content (AvgIpc) is 3.17. The lowest BCUT2D eigenvalue weighted by Crippen LogP contribution is -2.50. The van der Waals surface area contributed by atoms with Crippen LogP contribution in [-0.2, 0) is 10.2 Å². The summed E-state index contributed by atoms with van der Waals surface area (Å²) in [5.74, 6) is 3.52. The normalized spacial score (nSPS) is 36.0. The fourth-order valence-electron chi connectivity index (χ4n) is 6.73. The van der Waals surface area contributed by atoms with Gasteiger partial charge in [0.1, 0.15) is 11.4 Å². The number of aromatic nitrogens is 2. The topological polar surface area (TPSA) is 84.1 Å². The molecular formula is C22H31N3O3. The van der Waals surface area contributed by atoms with Crippen molar-refractivity contribution < 1.29 is 9.53 Å². The summed E-state index contributed by atoms with van der Waals surface area (Å²) in [5.41, 5.74) is -0.105. The van der Waals surface area contributed by atoms with Crippen LogP contribution in [0.15, 0.2) is 11.0 Å². The van der Waals surface area contributed by atoms with Crippen LogP contribution in [0, 0.1) is 23.7 Å². The number of nitrogens with zero attached hydrogens (tertiary/aromatic N) is 1. The minimum Gasteiger partial charge on any atom is -0.381 e. The Labute approximate surface area is 165 Å². The Bertz CT molecular complexity index is 761. The SMILES string of the molecule is O=C(NCCCC1CCOC1)c1cnc(C23CC4CC(CC(C4)C2)C3)[nH]c1=O. The zero-order valence-electron chi connectivity index (χ0n) is 16.5. The molecular weight excluding hydrogens is 354 g/mol. The molecule has 2 heterocycles. The molecule has 6 nitrogen and oxygen atoms in total. The highest BCUT2D eigenvalue weighted by atomic mass is 16.5. The van der Waals surface area contributed by atoms with Gasteiger partial charge in [-0.25, -0.2) is 4.98 Å². The van der Waals surface area contributed by atoms with E-state index in [0.717, 1.165) is 75.3 Å². The highest BCUT2D eigenvalue weighted by Gasteiger charge is 2.52. The zero-order chi connectivity index (χ0) is 19.1. The van der Waals surface area contributed by atoms with E-state index in [0.29, 0.717) is 12.5 Å². The van der Waals surface area contributed by atoms with Crippen LogP contribution in [0.1, 0.15) is 74.0 Å². The summed E-state index contributed by atoms with van der Waals surface area (Å²) in [7, 11) is 0. The molecule has 1 amide bonds. The second-order valence-corrected chi connectivity index (χ2v) is 9.80. The summed E-state index contributed by atoms with van der Waals surface area (Å²) in [4.78, 5) is 32.7. The molecule has 6 heteroatoms. The molecule has 1 aromatic heterocycles. The summed E-state index contributed by atoms with van der Waals surface area (Å²) in [6.07, 6.45) is 12.1. The molecule has 5 fully saturated rings. The predicted molar refractivity (Wildman–Crippen MR) is 105 cm³/mol. The van der Waals surface area contributed by atoms with E-state index < -0.39 is 0 Å². The molecule has 1 unspecified atom stereocenters. The highest BCUT2D eigenvalue weighted by Crippen LogP contribution is 2.59. The van der Waals surface area contributed by atoms with Gasteiger partial charge in [0, 0.05) is 31.4 Å². The van der Waals surface area contributed by atoms with E-state index >= 15 is 0 Å². The maximum Gasteiger partial charge on any atom is 0.263 e. The summed E-state index contributed by atoms with van der Waals surface area (Å²) in [6, 6.07) is 0. The largest absolute Gasteiger partial charge is 0.381 e. The summed E-state index contributed by atoms with van der Waals surface area (Å²) in [6.45, 7) is 2.28. The third kappa shape index (κ3) is 3.40. The number of rotatable bonds is 6. The highest BCUT2D eigenvalue weighted by molar-refractivity contribution is 5.93. The van der Waals surface area contributed by atoms with Crippen LogP contribution in [0.2, 0.25) is 0 Å². The molecule has 4 bridgehead atoms. The summed E-state index contributed by atoms with van der Waals surface area (Å²) >= 11 is 0. The number of amides is 1. The van der Waals surface area contributed by atoms with Crippen LogP contribution < -0.4 is 10.9 Å². The lowest BCUT2D eigenvalue weighted by atomic mass is 9.49. The first kappa shape index (κ1) is 18.3. The van der Waals surface area contributed by atoms with Gasteiger partial charge in [-0.15, -0.1) is 0 Å². The first-order valence-electron chi connectivity index (χ1n) is 11.1. The fraction of sp³-hybridized carbons (Fsp3) is 0.773. The number of ether oxygens (including phenoxy) is 1. The Morgan fingerprint density at radius 1 is 1.21 bits per heavy atom. The lowest BCUT2D eigenvalue weighted by Gasteiger charge is -2.56. The van der Waals surface area contributed by atoms with Gasteiger partial charge in [0.15, 0.2) is 0 Å². The van der Waals surface area contributed by atoms with Crippen LogP contribution in [0.25, 0.3) is 0 Å². The maximum atomic E-state index is 12.6. The number of hydrogen-bond acceptors (Lipinski definition) is 4. The van der Waals surface area contributed by atoms with Crippen LogP contribution in [0.3, 0.4) is 0 Å². The van der Waals surface area contributed by atoms with Crippen molar-refractivity contribution in [2.75, 3.05) is 19.8 Å². The second kappa shape index (κ2) is 7.29. The van der Waals surface area contributed by atoms with Crippen molar-refractivity contribution in [1.82, 2.24) is 15.3 Å². The van der Waals surface area contributed by atoms with E-state index in [-0.39, 0.29) is 22.4 Å². The molecule has 0 aromatic carbocycles. The molecule has 0 spiro atoms. The second-order valence-electron chi connectivity index (χ2n) is 9.80. The Morgan fingerprint density at radius 3 is 2.54 bits per heavy atom. The van der Waals surface area contributed by atoms with E-state index in [1.54, 1.807) is 0 Å². The van der Waals surface area contributed by atoms with Gasteiger partial charge in [0.25, 0.3) is 11.5 Å². The quantitative estimate of drug-likeness (QED) is 0.738. The Kier molecular flexibility index (Phi) is 4.77. The molecule has 5 aliphatic rings.